The van der Waals surface area contributed by atoms with Crippen LogP contribution in [0.3, 0.4) is 0 Å². The van der Waals surface area contributed by atoms with Crippen LogP contribution in [0.5, 0.6) is 0 Å². The summed E-state index contributed by atoms with van der Waals surface area (Å²) in [5.41, 5.74) is 29.5. The SMILES string of the molecule is CC(C)(C)c1cc(-c2ccc3c(c2)Sc2cc(C4(c5ccccc5)c5ccccc5-c5ccccc54)cc4c2B3c2ccc(-c3cc(C(C)(C)C)cc(C(C)(C)C)c3)cc2N4c2c(-c3ccccc3)cccc2-c2ccccc2)cc(C(C)(C)C)c1. The highest BCUT2D eigenvalue weighted by molar-refractivity contribution is 8.00. The second kappa shape index (κ2) is 20.4. The number of benzene rings is 11. The lowest BCUT2D eigenvalue weighted by molar-refractivity contribution is 0.568. The van der Waals surface area contributed by atoms with Gasteiger partial charge < -0.3 is 4.90 Å². The van der Waals surface area contributed by atoms with E-state index >= 15 is 0 Å². The molecule has 2 aliphatic heterocycles. The summed E-state index contributed by atoms with van der Waals surface area (Å²) in [6.07, 6.45) is 0. The van der Waals surface area contributed by atoms with Crippen molar-refractivity contribution in [1.82, 2.24) is 0 Å². The van der Waals surface area contributed by atoms with Gasteiger partial charge in [0.2, 0.25) is 6.71 Å². The maximum Gasteiger partial charge on any atom is 0.249 e. The third kappa shape index (κ3) is 9.23. The summed E-state index contributed by atoms with van der Waals surface area (Å²) in [7, 11) is 0. The summed E-state index contributed by atoms with van der Waals surface area (Å²) < 4.78 is 0. The van der Waals surface area contributed by atoms with Gasteiger partial charge in [-0.1, -0.05) is 319 Å². The predicted molar refractivity (Wildman–Crippen MR) is 370 cm³/mol. The van der Waals surface area contributed by atoms with Crippen LogP contribution in [0.4, 0.5) is 17.1 Å². The third-order valence-corrected chi connectivity index (χ3v) is 19.9. The fourth-order valence-electron chi connectivity index (χ4n) is 14.1. The number of hydrogen-bond acceptors (Lipinski definition) is 2. The van der Waals surface area contributed by atoms with Gasteiger partial charge in [-0.15, -0.1) is 0 Å². The van der Waals surface area contributed by atoms with Gasteiger partial charge in [0.1, 0.15) is 0 Å². The summed E-state index contributed by atoms with van der Waals surface area (Å²) in [5, 5.41) is 0. The van der Waals surface area contributed by atoms with Crippen molar-refractivity contribution in [3.05, 3.63) is 287 Å². The third-order valence-electron chi connectivity index (χ3n) is 18.8. The lowest BCUT2D eigenvalue weighted by Crippen LogP contribution is -2.60. The molecule has 86 heavy (non-hydrogen) atoms. The van der Waals surface area contributed by atoms with Crippen molar-refractivity contribution in [2.75, 3.05) is 4.90 Å². The summed E-state index contributed by atoms with van der Waals surface area (Å²) in [5.74, 6) is 0. The molecule has 2 heterocycles. The Kier molecular flexibility index (Phi) is 13.2. The molecular weight excluding hydrogens is 1050 g/mol. The van der Waals surface area contributed by atoms with Gasteiger partial charge in [0.15, 0.2) is 0 Å². The first-order chi connectivity index (χ1) is 41.2. The molecule has 1 nitrogen and oxygen atoms in total. The van der Waals surface area contributed by atoms with Crippen molar-refractivity contribution in [2.45, 2.75) is 120 Å². The molecule has 14 rings (SSSR count). The molecule has 11 aromatic carbocycles. The van der Waals surface area contributed by atoms with E-state index in [9.17, 15) is 0 Å². The van der Waals surface area contributed by atoms with Crippen molar-refractivity contribution in [2.24, 2.45) is 0 Å². The molecule has 422 valence electrons. The molecule has 0 N–H and O–H groups in total. The maximum atomic E-state index is 2.72. The molecule has 0 saturated heterocycles. The molecule has 3 heteroatoms. The van der Waals surface area contributed by atoms with Crippen LogP contribution in [-0.2, 0) is 27.1 Å². The monoisotopic (exact) mass is 1130 g/mol. The van der Waals surface area contributed by atoms with Crippen molar-refractivity contribution in [1.29, 1.82) is 0 Å². The van der Waals surface area contributed by atoms with Crippen LogP contribution < -0.4 is 21.3 Å². The van der Waals surface area contributed by atoms with Crippen molar-refractivity contribution in [3.8, 4) is 55.6 Å². The van der Waals surface area contributed by atoms with Crippen LogP contribution in [0.1, 0.15) is 128 Å². The van der Waals surface area contributed by atoms with E-state index in [1.165, 1.54) is 143 Å². The Bertz CT molecular complexity index is 4300. The maximum absolute atomic E-state index is 2.72. The molecule has 0 atom stereocenters. The van der Waals surface area contributed by atoms with Crippen LogP contribution >= 0.6 is 11.8 Å². The number of hydrogen-bond donors (Lipinski definition) is 0. The minimum absolute atomic E-state index is 0.0185. The van der Waals surface area contributed by atoms with Gasteiger partial charge in [-0.05, 0) is 146 Å². The van der Waals surface area contributed by atoms with Gasteiger partial charge in [0.05, 0.1) is 11.1 Å². The lowest BCUT2D eigenvalue weighted by atomic mass is 9.34. The zero-order valence-corrected chi connectivity index (χ0v) is 52.8. The molecule has 3 aliphatic rings. The van der Waals surface area contributed by atoms with Gasteiger partial charge in [0, 0.05) is 32.3 Å². The molecule has 1 aliphatic carbocycles. The minimum Gasteiger partial charge on any atom is -0.310 e. The van der Waals surface area contributed by atoms with Gasteiger partial charge in [0.25, 0.3) is 0 Å². The normalized spacial score (nSPS) is 14.0. The number of rotatable bonds is 7. The fourth-order valence-corrected chi connectivity index (χ4v) is 15.3. The summed E-state index contributed by atoms with van der Waals surface area (Å²) >= 11 is 1.96. The fraction of sp³-hybridized carbons (Fsp3) is 0.205. The van der Waals surface area contributed by atoms with Crippen LogP contribution in [-0.4, -0.2) is 6.71 Å². The summed E-state index contributed by atoms with van der Waals surface area (Å²) in [6.45, 7) is 28.1. The van der Waals surface area contributed by atoms with Crippen LogP contribution in [0, 0.1) is 0 Å². The topological polar surface area (TPSA) is 3.24 Å². The van der Waals surface area contributed by atoms with E-state index in [1.54, 1.807) is 0 Å². The largest absolute Gasteiger partial charge is 0.310 e. The first kappa shape index (κ1) is 55.5. The van der Waals surface area contributed by atoms with Crippen molar-refractivity contribution < 1.29 is 0 Å². The zero-order valence-electron chi connectivity index (χ0n) is 52.0. The smallest absolute Gasteiger partial charge is 0.249 e. The van der Waals surface area contributed by atoms with E-state index < -0.39 is 5.41 Å². The predicted octanol–water partition coefficient (Wildman–Crippen LogP) is 20.7. The van der Waals surface area contributed by atoms with E-state index in [0.29, 0.717) is 0 Å². The second-order valence-corrected chi connectivity index (χ2v) is 29.6. The Morgan fingerprint density at radius 2 is 0.744 bits per heavy atom. The van der Waals surface area contributed by atoms with Crippen LogP contribution in [0.15, 0.2) is 252 Å². The van der Waals surface area contributed by atoms with Gasteiger partial charge >= 0.3 is 0 Å². The van der Waals surface area contributed by atoms with E-state index in [-0.39, 0.29) is 28.4 Å². The number of fused-ring (bicyclic) bond motifs is 7. The van der Waals surface area contributed by atoms with E-state index in [0.717, 1.165) is 0 Å². The Morgan fingerprint density at radius 3 is 1.23 bits per heavy atom. The summed E-state index contributed by atoms with van der Waals surface area (Å²) in [4.78, 5) is 5.31. The molecule has 0 radical (unpaired) electrons. The highest BCUT2D eigenvalue weighted by Crippen LogP contribution is 2.59. The Morgan fingerprint density at radius 1 is 0.314 bits per heavy atom. The average Bonchev–Trinajstić information content (AvgIpc) is 1.23. The number of nitrogens with zero attached hydrogens (tertiary/aromatic N) is 1. The molecule has 0 bridgehead atoms. The van der Waals surface area contributed by atoms with E-state index in [4.69, 9.17) is 0 Å². The second-order valence-electron chi connectivity index (χ2n) is 28.5. The van der Waals surface area contributed by atoms with Crippen LogP contribution in [0.25, 0.3) is 55.6 Å². The first-order valence-corrected chi connectivity index (χ1v) is 31.7. The number of para-hydroxylation sites is 1. The Hall–Kier alpha value is -8.37. The standard InChI is InChI=1S/C83H76BNS/c1-79(2,3)60-43-57(44-61(49-60)80(4,5)6)55-39-41-71-73(47-55)85(78-65(53-27-16-13-17-28-53)35-26-36-66(78)54-29-18-14-19-30-54)74-51-64(83(59-31-20-15-21-32-59)69-37-24-22-33-67(69)68-34-23-25-38-70(68)83)52-76-77(74)84(71)72-42-40-56(48-75(72)86-76)58-45-62(81(7,8)9)50-63(46-58)82(10,11)12/h13-52H,1-12H3. The average molecular weight is 1130 g/mol. The van der Waals surface area contributed by atoms with Crippen LogP contribution in [0.2, 0.25) is 0 Å². The van der Waals surface area contributed by atoms with E-state index in [1.807, 2.05) is 11.8 Å². The molecule has 0 saturated carbocycles. The minimum atomic E-state index is -0.652. The first-order valence-electron chi connectivity index (χ1n) is 30.9. The van der Waals surface area contributed by atoms with E-state index in [2.05, 4.69) is 331 Å². The lowest BCUT2D eigenvalue weighted by Gasteiger charge is -2.43. The molecule has 0 unspecified atom stereocenters. The molecule has 0 fully saturated rings. The van der Waals surface area contributed by atoms with Crippen molar-refractivity contribution in [3.63, 3.8) is 0 Å². The molecule has 0 aromatic heterocycles. The van der Waals surface area contributed by atoms with Gasteiger partial charge in [-0.3, -0.25) is 0 Å². The highest BCUT2D eigenvalue weighted by atomic mass is 32.2. The summed E-state index contributed by atoms with van der Waals surface area (Å²) in [6, 6.07) is 93.9. The van der Waals surface area contributed by atoms with Crippen molar-refractivity contribution >= 4 is 51.9 Å². The number of anilines is 3. The van der Waals surface area contributed by atoms with Gasteiger partial charge in [-0.2, -0.15) is 0 Å². The van der Waals surface area contributed by atoms with Gasteiger partial charge in [-0.25, -0.2) is 0 Å². The zero-order chi connectivity index (χ0) is 59.7. The Balaban J connectivity index is 1.13. The molecule has 11 aromatic rings. The molecular formula is C83H76BNS. The quantitative estimate of drug-likeness (QED) is 0.146. The molecule has 0 spiro atoms. The Labute approximate surface area is 516 Å². The highest BCUT2D eigenvalue weighted by Gasteiger charge is 2.49. The molecule has 0 amide bonds.